The van der Waals surface area contributed by atoms with Crippen molar-refractivity contribution in [1.29, 1.82) is 0 Å². The maximum atomic E-state index is 9.21. The zero-order valence-electron chi connectivity index (χ0n) is 26.4. The van der Waals surface area contributed by atoms with E-state index >= 15 is 0 Å². The molecule has 0 aromatic heterocycles. The van der Waals surface area contributed by atoms with Gasteiger partial charge in [0.05, 0.1) is 0 Å². The molecule has 4 aromatic rings. The Hall–Kier alpha value is -2.94. The summed E-state index contributed by atoms with van der Waals surface area (Å²) in [4.78, 5) is 0. The van der Waals surface area contributed by atoms with Gasteiger partial charge in [0.15, 0.2) is 0 Å². The molecule has 0 bridgehead atoms. The van der Waals surface area contributed by atoms with E-state index in [4.69, 9.17) is 0 Å². The molecule has 2 aliphatic carbocycles. The van der Waals surface area contributed by atoms with E-state index in [0.29, 0.717) is 11.5 Å². The fourth-order valence-electron chi connectivity index (χ4n) is 6.29. The molecule has 42 heavy (non-hydrogen) atoms. The molecule has 4 heteroatoms. The first-order valence-corrected chi connectivity index (χ1v) is 24.9. The summed E-state index contributed by atoms with van der Waals surface area (Å²) in [5.74, 6) is 0.157. The van der Waals surface area contributed by atoms with Gasteiger partial charge >= 0.3 is 155 Å². The first kappa shape index (κ1) is 32.0. The third kappa shape index (κ3) is 6.99. The van der Waals surface area contributed by atoms with Gasteiger partial charge in [0.1, 0.15) is 11.5 Å². The molecule has 4 aromatic carbocycles. The standard InChI is InChI=1S/2C10H9.2C8H10O.C2H7Si.Zr/c2*1-8-6-9-4-2-3-5-10(9)7-8;2*1-6-4-3-5-7(2)8(6)9;1-3-2;/h2*2-7H,1H3;2*3-5,9H,1-2H3;3H,1-2H3;. The van der Waals surface area contributed by atoms with Crippen LogP contribution in [0.15, 0.2) is 96.1 Å². The van der Waals surface area contributed by atoms with E-state index in [9.17, 15) is 10.2 Å². The molecule has 0 saturated carbocycles. The molecule has 6 rings (SSSR count). The second-order valence-corrected chi connectivity index (χ2v) is 32.1. The van der Waals surface area contributed by atoms with Crippen molar-refractivity contribution in [2.45, 2.75) is 61.9 Å². The second-order valence-electron chi connectivity index (χ2n) is 12.0. The van der Waals surface area contributed by atoms with E-state index in [1.165, 1.54) is 11.1 Å². The maximum Gasteiger partial charge on any atom is 0.121 e. The van der Waals surface area contributed by atoms with Crippen LogP contribution in [0.4, 0.5) is 0 Å². The predicted octanol–water partition coefficient (Wildman–Crippen LogP) is 9.92. The number of hydrogen-bond acceptors (Lipinski definition) is 2. The number of phenols is 2. The first-order valence-electron chi connectivity index (χ1n) is 14.9. The summed E-state index contributed by atoms with van der Waals surface area (Å²) in [6.45, 7) is 17.6. The molecule has 217 valence electrons. The number of para-hydroxylation sites is 2. The molecule has 2 unspecified atom stereocenters. The quantitative estimate of drug-likeness (QED) is 0.216. The number of benzene rings is 4. The monoisotopic (exact) mass is 651 g/mol. The predicted molar refractivity (Wildman–Crippen MR) is 180 cm³/mol. The topological polar surface area (TPSA) is 40.5 Å². The van der Waals surface area contributed by atoms with E-state index in [1.54, 1.807) is 22.3 Å². The van der Waals surface area contributed by atoms with Gasteiger partial charge in [0, 0.05) is 0 Å². The van der Waals surface area contributed by atoms with Gasteiger partial charge in [-0.2, -0.15) is 0 Å². The van der Waals surface area contributed by atoms with Crippen LogP contribution >= 0.6 is 0 Å². The van der Waals surface area contributed by atoms with Gasteiger partial charge in [-0.05, 0) is 49.9 Å². The number of aromatic hydroxyl groups is 2. The number of fused-ring (bicyclic) bond motifs is 2. The van der Waals surface area contributed by atoms with Crippen LogP contribution in [0.3, 0.4) is 0 Å². The van der Waals surface area contributed by atoms with Crippen LogP contribution in [0.2, 0.25) is 13.1 Å². The molecule has 0 saturated heterocycles. The molecular weight excluding hydrogens is 608 g/mol. The average Bonchev–Trinajstić information content (AvgIpc) is 3.47. The Bertz CT molecular complexity index is 1460. The second kappa shape index (κ2) is 14.0. The Balaban J connectivity index is 0.000000184. The number of allylic oxidation sites excluding steroid dienone is 2. The molecule has 2 nitrogen and oxygen atoms in total. The van der Waals surface area contributed by atoms with E-state index in [-0.39, 0.29) is 0 Å². The summed E-state index contributed by atoms with van der Waals surface area (Å²) in [5.41, 5.74) is 13.3. The molecule has 2 atom stereocenters. The van der Waals surface area contributed by atoms with Crippen molar-refractivity contribution in [3.63, 3.8) is 0 Å². The molecule has 2 aliphatic rings. The molecule has 2 N–H and O–H groups in total. The first-order chi connectivity index (χ1) is 20.0. The van der Waals surface area contributed by atoms with Gasteiger partial charge in [0.2, 0.25) is 0 Å². The largest absolute Gasteiger partial charge is 0.507 e. The van der Waals surface area contributed by atoms with Crippen LogP contribution in [0.25, 0.3) is 12.2 Å². The maximum absolute atomic E-state index is 9.21. The van der Waals surface area contributed by atoms with Crippen LogP contribution in [0.5, 0.6) is 11.5 Å². The summed E-state index contributed by atoms with van der Waals surface area (Å²) in [5, 5.41) is 18.4. The minimum Gasteiger partial charge on any atom is -0.507 e. The van der Waals surface area contributed by atoms with Crippen molar-refractivity contribution >= 4 is 18.1 Å². The van der Waals surface area contributed by atoms with Gasteiger partial charge in [-0.15, -0.1) is 0 Å². The summed E-state index contributed by atoms with van der Waals surface area (Å²) < 4.78 is 1.57. The average molecular weight is 653 g/mol. The Labute approximate surface area is 261 Å². The number of rotatable bonds is 3. The van der Waals surface area contributed by atoms with Crippen LogP contribution in [-0.4, -0.2) is 16.1 Å². The molecule has 0 amide bonds. The minimum atomic E-state index is -1.72. The van der Waals surface area contributed by atoms with Crippen molar-refractivity contribution in [3.05, 3.63) is 141 Å². The van der Waals surface area contributed by atoms with Crippen LogP contribution < -0.4 is 0 Å². The normalized spacial score (nSPS) is 16.3. The Morgan fingerprint density at radius 3 is 1.14 bits per heavy atom. The summed E-state index contributed by atoms with van der Waals surface area (Å²) in [6.07, 6.45) is 4.94. The molecular formula is C38H45O2SiZr. The van der Waals surface area contributed by atoms with E-state index < -0.39 is 26.8 Å². The Morgan fingerprint density at radius 2 is 0.833 bits per heavy atom. The van der Waals surface area contributed by atoms with Crippen molar-refractivity contribution in [2.24, 2.45) is 0 Å². The summed E-state index contributed by atoms with van der Waals surface area (Å²) in [6, 6.07) is 29.7. The van der Waals surface area contributed by atoms with Crippen molar-refractivity contribution < 1.29 is 31.1 Å². The van der Waals surface area contributed by atoms with E-state index in [1.807, 2.05) is 64.1 Å². The van der Waals surface area contributed by atoms with Crippen LogP contribution in [0, 0.1) is 27.7 Å². The molecule has 0 fully saturated rings. The Kier molecular flexibility index (Phi) is 10.7. The zero-order chi connectivity index (χ0) is 30.6. The van der Waals surface area contributed by atoms with Crippen molar-refractivity contribution in [1.82, 2.24) is 0 Å². The molecule has 0 spiro atoms. The van der Waals surface area contributed by atoms with E-state index in [0.717, 1.165) is 29.5 Å². The van der Waals surface area contributed by atoms with Gasteiger partial charge in [0.25, 0.3) is 0 Å². The van der Waals surface area contributed by atoms with Gasteiger partial charge in [-0.1, -0.05) is 36.4 Å². The fourth-order valence-corrected chi connectivity index (χ4v) is 29.6. The van der Waals surface area contributed by atoms with Crippen molar-refractivity contribution in [3.8, 4) is 11.5 Å². The Morgan fingerprint density at radius 1 is 0.500 bits per heavy atom. The van der Waals surface area contributed by atoms with Crippen molar-refractivity contribution in [2.75, 3.05) is 0 Å². The molecule has 0 aliphatic heterocycles. The number of aryl methyl sites for hydroxylation is 4. The summed E-state index contributed by atoms with van der Waals surface area (Å²) >= 11 is -1.72. The van der Waals surface area contributed by atoms with Crippen LogP contribution in [-0.2, 0) is 20.9 Å². The zero-order valence-corrected chi connectivity index (χ0v) is 30.0. The smallest absolute Gasteiger partial charge is 0.121 e. The number of phenolic OH excluding ortho intramolecular Hbond substituents is 2. The third-order valence-electron chi connectivity index (χ3n) is 8.50. The fraction of sp³-hybridized carbons (Fsp3) is 0.263. The van der Waals surface area contributed by atoms with Crippen LogP contribution in [0.1, 0.15) is 65.6 Å². The van der Waals surface area contributed by atoms with Gasteiger partial charge < -0.3 is 10.2 Å². The number of hydrogen-bond donors (Lipinski definition) is 2. The van der Waals surface area contributed by atoms with E-state index in [2.05, 4.69) is 87.6 Å². The summed E-state index contributed by atoms with van der Waals surface area (Å²) in [7, 11) is 0. The minimum absolute atomic E-state index is 0.414. The molecule has 0 heterocycles. The molecule has 0 radical (unpaired) electrons. The SMILES string of the molecule is CC1=Cc2ccccc2[CH]1[Zr]([CH]1C(C)=Cc2ccccc21)[SiH](C)C.Cc1cccc(C)c1O.Cc1cccc(C)c1O. The third-order valence-corrected chi connectivity index (χ3v) is 30.7. The van der Waals surface area contributed by atoms with Gasteiger partial charge in [-0.3, -0.25) is 0 Å². The van der Waals surface area contributed by atoms with Gasteiger partial charge in [-0.25, -0.2) is 0 Å².